The van der Waals surface area contributed by atoms with E-state index in [2.05, 4.69) is 24.0 Å². The number of hydrogen-bond donors (Lipinski definition) is 1. The van der Waals surface area contributed by atoms with Crippen molar-refractivity contribution in [3.63, 3.8) is 0 Å². The molecule has 0 saturated carbocycles. The highest BCUT2D eigenvalue weighted by Crippen LogP contribution is 2.27. The van der Waals surface area contributed by atoms with Gasteiger partial charge in [-0.15, -0.1) is 0 Å². The Labute approximate surface area is 138 Å². The first-order chi connectivity index (χ1) is 11.0. The van der Waals surface area contributed by atoms with Crippen molar-refractivity contribution in [2.75, 3.05) is 6.61 Å². The van der Waals surface area contributed by atoms with E-state index in [4.69, 9.17) is 4.74 Å². The highest BCUT2D eigenvalue weighted by atomic mass is 16.5. The van der Waals surface area contributed by atoms with Crippen LogP contribution in [0, 0.1) is 5.92 Å². The maximum absolute atomic E-state index is 12.0. The van der Waals surface area contributed by atoms with Crippen LogP contribution in [0.2, 0.25) is 0 Å². The molecule has 1 aromatic rings. The molecule has 2 rings (SSSR count). The van der Waals surface area contributed by atoms with Crippen molar-refractivity contribution in [2.45, 2.75) is 32.2 Å². The Hall–Kier alpha value is -2.29. The number of carbonyl (C=O) groups is 1. The number of rotatable bonds is 6. The Balaban J connectivity index is 1.78. The molecule has 0 radical (unpaired) electrons. The molecule has 0 aliphatic heterocycles. The minimum atomic E-state index is -0.363. The monoisotopic (exact) mass is 311 g/mol. The van der Waals surface area contributed by atoms with Crippen LogP contribution in [0.3, 0.4) is 0 Å². The molecule has 1 aromatic carbocycles. The highest BCUT2D eigenvalue weighted by Gasteiger charge is 2.30. The normalized spacial score (nSPS) is 17.3. The molecule has 122 valence electrons. The van der Waals surface area contributed by atoms with Gasteiger partial charge in [-0.3, -0.25) is 0 Å². The van der Waals surface area contributed by atoms with Crippen LogP contribution in [0.25, 0.3) is 0 Å². The number of amides is 1. The fraction of sp³-hybridized carbons (Fsp3) is 0.350. The average molecular weight is 311 g/mol. The Morgan fingerprint density at radius 3 is 2.74 bits per heavy atom. The number of ether oxygens (including phenoxy) is 1. The van der Waals surface area contributed by atoms with Gasteiger partial charge in [-0.2, -0.15) is 0 Å². The van der Waals surface area contributed by atoms with Crippen LogP contribution < -0.4 is 5.32 Å². The maximum Gasteiger partial charge on any atom is 0.407 e. The van der Waals surface area contributed by atoms with Crippen LogP contribution in [0.15, 0.2) is 66.8 Å². The molecule has 23 heavy (non-hydrogen) atoms. The zero-order valence-corrected chi connectivity index (χ0v) is 13.9. The summed E-state index contributed by atoms with van der Waals surface area (Å²) < 4.78 is 5.31. The lowest BCUT2D eigenvalue weighted by Gasteiger charge is -2.33. The molecule has 3 nitrogen and oxygen atoms in total. The molecule has 0 bridgehead atoms. The lowest BCUT2D eigenvalue weighted by Crippen LogP contribution is -2.49. The summed E-state index contributed by atoms with van der Waals surface area (Å²) in [4.78, 5) is 12.0. The van der Waals surface area contributed by atoms with Gasteiger partial charge in [-0.1, -0.05) is 61.2 Å². The second-order valence-corrected chi connectivity index (χ2v) is 6.33. The summed E-state index contributed by atoms with van der Waals surface area (Å²) in [5.74, 6) is 0.243. The number of carbonyl (C=O) groups excluding carboxylic acids is 1. The molecule has 1 atom stereocenters. The minimum absolute atomic E-state index is 0.243. The van der Waals surface area contributed by atoms with Gasteiger partial charge in [-0.05, 0) is 31.4 Å². The van der Waals surface area contributed by atoms with Crippen molar-refractivity contribution >= 4 is 6.09 Å². The molecular weight excluding hydrogens is 286 g/mol. The van der Waals surface area contributed by atoms with E-state index < -0.39 is 0 Å². The Kier molecular flexibility index (Phi) is 5.80. The molecule has 1 unspecified atom stereocenters. The fourth-order valence-electron chi connectivity index (χ4n) is 2.62. The van der Waals surface area contributed by atoms with Crippen LogP contribution >= 0.6 is 0 Å². The predicted molar refractivity (Wildman–Crippen MR) is 94.2 cm³/mol. The second kappa shape index (κ2) is 7.82. The van der Waals surface area contributed by atoms with Crippen LogP contribution in [0.5, 0.6) is 0 Å². The number of alkyl carbamates (subject to hydrolysis) is 1. The standard InChI is InChI=1S/C20H25NO2/c1-4-16-10-12-18(13-11-16)20(2,3)21-19(22)23-15-14-17-8-6-5-7-9-17/h4-12,18H,1,13-15H2,2-3H3,(H,21,22). The third-order valence-electron chi connectivity index (χ3n) is 4.18. The summed E-state index contributed by atoms with van der Waals surface area (Å²) in [5.41, 5.74) is 1.93. The molecule has 0 heterocycles. The molecule has 3 heteroatoms. The summed E-state index contributed by atoms with van der Waals surface area (Å²) >= 11 is 0. The molecule has 0 saturated heterocycles. The lowest BCUT2D eigenvalue weighted by atomic mass is 9.81. The first-order valence-corrected chi connectivity index (χ1v) is 8.01. The molecule has 0 fully saturated rings. The molecule has 1 aliphatic carbocycles. The zero-order chi connectivity index (χ0) is 16.7. The van der Waals surface area contributed by atoms with E-state index >= 15 is 0 Å². The summed E-state index contributed by atoms with van der Waals surface area (Å²) in [5, 5.41) is 2.98. The van der Waals surface area contributed by atoms with E-state index in [1.165, 1.54) is 0 Å². The van der Waals surface area contributed by atoms with Gasteiger partial charge in [0.05, 0.1) is 6.61 Å². The Bertz CT molecular complexity index is 599. The van der Waals surface area contributed by atoms with Crippen LogP contribution in [-0.4, -0.2) is 18.2 Å². The highest BCUT2D eigenvalue weighted by molar-refractivity contribution is 5.68. The van der Waals surface area contributed by atoms with E-state index in [9.17, 15) is 4.79 Å². The van der Waals surface area contributed by atoms with Crippen molar-refractivity contribution in [1.29, 1.82) is 0 Å². The molecule has 0 spiro atoms. The number of nitrogens with one attached hydrogen (secondary N) is 1. The van der Waals surface area contributed by atoms with Crippen molar-refractivity contribution in [3.05, 3.63) is 72.4 Å². The third-order valence-corrected chi connectivity index (χ3v) is 4.18. The first kappa shape index (κ1) is 17.1. The van der Waals surface area contributed by atoms with Gasteiger partial charge < -0.3 is 10.1 Å². The topological polar surface area (TPSA) is 38.3 Å². The summed E-state index contributed by atoms with van der Waals surface area (Å²) in [7, 11) is 0. The summed E-state index contributed by atoms with van der Waals surface area (Å²) in [6, 6.07) is 10.0. The first-order valence-electron chi connectivity index (χ1n) is 8.01. The van der Waals surface area contributed by atoms with E-state index in [-0.39, 0.29) is 17.6 Å². The molecule has 0 aromatic heterocycles. The van der Waals surface area contributed by atoms with E-state index in [0.717, 1.165) is 24.0 Å². The van der Waals surface area contributed by atoms with Gasteiger partial charge >= 0.3 is 6.09 Å². The Morgan fingerprint density at radius 1 is 1.39 bits per heavy atom. The summed E-state index contributed by atoms with van der Waals surface area (Å²) in [6.07, 6.45) is 9.40. The van der Waals surface area contributed by atoms with Gasteiger partial charge in [0.25, 0.3) is 0 Å². The fourth-order valence-corrected chi connectivity index (χ4v) is 2.62. The molecule has 1 amide bonds. The molecular formula is C20H25NO2. The smallest absolute Gasteiger partial charge is 0.407 e. The number of benzene rings is 1. The van der Waals surface area contributed by atoms with E-state index in [0.29, 0.717) is 6.61 Å². The average Bonchev–Trinajstić information content (AvgIpc) is 2.55. The van der Waals surface area contributed by atoms with Crippen LogP contribution in [-0.2, 0) is 11.2 Å². The van der Waals surface area contributed by atoms with Crippen molar-refractivity contribution in [2.24, 2.45) is 5.92 Å². The quantitative estimate of drug-likeness (QED) is 0.844. The molecule has 1 N–H and O–H groups in total. The minimum Gasteiger partial charge on any atom is -0.449 e. The largest absolute Gasteiger partial charge is 0.449 e. The van der Waals surface area contributed by atoms with Gasteiger partial charge in [-0.25, -0.2) is 4.79 Å². The van der Waals surface area contributed by atoms with Crippen molar-refractivity contribution in [1.82, 2.24) is 5.32 Å². The van der Waals surface area contributed by atoms with Crippen molar-refractivity contribution < 1.29 is 9.53 Å². The van der Waals surface area contributed by atoms with Gasteiger partial charge in [0.1, 0.15) is 0 Å². The lowest BCUT2D eigenvalue weighted by molar-refractivity contribution is 0.131. The van der Waals surface area contributed by atoms with Gasteiger partial charge in [0, 0.05) is 17.9 Å². The van der Waals surface area contributed by atoms with Crippen molar-refractivity contribution in [3.8, 4) is 0 Å². The Morgan fingerprint density at radius 2 is 2.13 bits per heavy atom. The molecule has 1 aliphatic rings. The van der Waals surface area contributed by atoms with Crippen LogP contribution in [0.4, 0.5) is 4.79 Å². The van der Waals surface area contributed by atoms with E-state index in [1.807, 2.05) is 56.3 Å². The predicted octanol–water partition coefficient (Wildman–Crippen LogP) is 4.42. The van der Waals surface area contributed by atoms with Gasteiger partial charge in [0.2, 0.25) is 0 Å². The number of hydrogen-bond acceptors (Lipinski definition) is 2. The summed E-state index contributed by atoms with van der Waals surface area (Å²) in [6.45, 7) is 8.19. The SMILES string of the molecule is C=CC1=CCC(C(C)(C)NC(=O)OCCc2ccccc2)C=C1. The zero-order valence-electron chi connectivity index (χ0n) is 13.9. The second-order valence-electron chi connectivity index (χ2n) is 6.33. The third kappa shape index (κ3) is 5.13. The van der Waals surface area contributed by atoms with Gasteiger partial charge in [0.15, 0.2) is 0 Å². The maximum atomic E-state index is 12.0. The van der Waals surface area contributed by atoms with Crippen LogP contribution in [0.1, 0.15) is 25.8 Å². The van der Waals surface area contributed by atoms with E-state index in [1.54, 1.807) is 0 Å². The number of allylic oxidation sites excluding steroid dienone is 4.